The molecule has 0 aliphatic carbocycles. The van der Waals surface area contributed by atoms with Crippen molar-refractivity contribution in [1.29, 1.82) is 0 Å². The van der Waals surface area contributed by atoms with Gasteiger partial charge in [0, 0.05) is 0 Å². The third-order valence-electron chi connectivity index (χ3n) is 0.719. The van der Waals surface area contributed by atoms with Crippen LogP contribution in [0.25, 0.3) is 0 Å². The molecule has 0 saturated carbocycles. The Morgan fingerprint density at radius 1 is 1.89 bits per heavy atom. The number of hydrogen-bond donors (Lipinski definition) is 2. The second kappa shape index (κ2) is 2.25. The number of hydrogen-bond acceptors (Lipinski definition) is 3. The van der Waals surface area contributed by atoms with Gasteiger partial charge in [-0.1, -0.05) is 0 Å². The summed E-state index contributed by atoms with van der Waals surface area (Å²) < 4.78 is 9.29. The van der Waals surface area contributed by atoms with Gasteiger partial charge in [-0.3, -0.25) is 5.32 Å². The molecule has 0 aromatic rings. The number of primary amides is 1. The van der Waals surface area contributed by atoms with Crippen molar-refractivity contribution in [2.75, 3.05) is 6.79 Å². The molecule has 2 amide bonds. The van der Waals surface area contributed by atoms with Gasteiger partial charge in [0.05, 0.1) is 0 Å². The van der Waals surface area contributed by atoms with Gasteiger partial charge in [-0.05, 0) is 0 Å². The van der Waals surface area contributed by atoms with Crippen LogP contribution in [0.2, 0.25) is 0 Å². The highest BCUT2D eigenvalue weighted by atomic mass is 16.7. The van der Waals surface area contributed by atoms with Crippen molar-refractivity contribution in [3.8, 4) is 0 Å². The van der Waals surface area contributed by atoms with Crippen LogP contribution in [0.15, 0.2) is 12.1 Å². The highest BCUT2D eigenvalue weighted by Gasteiger charge is 2.06. The first-order valence-electron chi connectivity index (χ1n) is 2.30. The molecule has 0 saturated heterocycles. The van der Waals surface area contributed by atoms with Crippen LogP contribution in [-0.2, 0) is 9.47 Å². The van der Waals surface area contributed by atoms with E-state index >= 15 is 0 Å². The lowest BCUT2D eigenvalue weighted by Crippen LogP contribution is -2.28. The highest BCUT2D eigenvalue weighted by Crippen LogP contribution is 2.00. The summed E-state index contributed by atoms with van der Waals surface area (Å²) in [6, 6.07) is -0.660. The predicted molar refractivity (Wildman–Crippen MR) is 27.8 cm³/mol. The molecule has 0 aromatic heterocycles. The first-order valence-corrected chi connectivity index (χ1v) is 2.30. The number of ether oxygens (including phenoxy) is 2. The van der Waals surface area contributed by atoms with Crippen LogP contribution in [-0.4, -0.2) is 12.8 Å². The second-order valence-corrected chi connectivity index (χ2v) is 1.40. The molecule has 5 nitrogen and oxygen atoms in total. The van der Waals surface area contributed by atoms with Crippen LogP contribution in [0.5, 0.6) is 0 Å². The summed E-state index contributed by atoms with van der Waals surface area (Å²) in [5.74, 6) is 0.252. The Balaban J connectivity index is 2.35. The average molecular weight is 130 g/mol. The second-order valence-electron chi connectivity index (χ2n) is 1.40. The lowest BCUT2D eigenvalue weighted by Gasteiger charge is -1.97. The van der Waals surface area contributed by atoms with E-state index in [9.17, 15) is 4.79 Å². The van der Waals surface area contributed by atoms with Gasteiger partial charge in [0.1, 0.15) is 6.26 Å². The van der Waals surface area contributed by atoms with Gasteiger partial charge >= 0.3 is 6.03 Å². The van der Waals surface area contributed by atoms with Gasteiger partial charge in [-0.25, -0.2) is 4.79 Å². The van der Waals surface area contributed by atoms with E-state index in [1.54, 1.807) is 0 Å². The monoisotopic (exact) mass is 130 g/mol. The number of nitrogens with one attached hydrogen (secondary N) is 1. The number of urea groups is 1. The first-order chi connectivity index (χ1) is 4.29. The molecule has 1 heterocycles. The SMILES string of the molecule is NC(=O)NC1=COCO1. The number of rotatable bonds is 1. The molecule has 0 radical (unpaired) electrons. The summed E-state index contributed by atoms with van der Waals surface area (Å²) in [5, 5.41) is 2.19. The van der Waals surface area contributed by atoms with Crippen LogP contribution in [0.4, 0.5) is 4.79 Å². The minimum absolute atomic E-state index is 0.135. The zero-order valence-corrected chi connectivity index (χ0v) is 4.59. The van der Waals surface area contributed by atoms with Crippen molar-refractivity contribution >= 4 is 6.03 Å². The molecule has 9 heavy (non-hydrogen) atoms. The first kappa shape index (κ1) is 5.74. The van der Waals surface area contributed by atoms with Crippen LogP contribution >= 0.6 is 0 Å². The third-order valence-corrected chi connectivity index (χ3v) is 0.719. The van der Waals surface area contributed by atoms with Crippen LogP contribution in [0, 0.1) is 0 Å². The molecule has 1 aliphatic rings. The van der Waals surface area contributed by atoms with Crippen molar-refractivity contribution < 1.29 is 14.3 Å². The smallest absolute Gasteiger partial charge is 0.319 e. The minimum atomic E-state index is -0.660. The molecule has 0 spiro atoms. The van der Waals surface area contributed by atoms with E-state index < -0.39 is 6.03 Å². The molecular formula is C4H6N2O3. The predicted octanol–water partition coefficient (Wildman–Crippen LogP) is -0.542. The van der Waals surface area contributed by atoms with E-state index in [1.165, 1.54) is 6.26 Å². The number of carbonyl (C=O) groups is 1. The van der Waals surface area contributed by atoms with E-state index in [1.807, 2.05) is 0 Å². The Hall–Kier alpha value is -1.39. The Kier molecular flexibility index (Phi) is 1.44. The lowest BCUT2D eigenvalue weighted by molar-refractivity contribution is 0.0760. The van der Waals surface area contributed by atoms with Gasteiger partial charge in [-0.2, -0.15) is 0 Å². The molecule has 0 bridgehead atoms. The molecule has 1 rings (SSSR count). The maximum Gasteiger partial charge on any atom is 0.319 e. The largest absolute Gasteiger partial charge is 0.459 e. The Morgan fingerprint density at radius 3 is 3.11 bits per heavy atom. The molecule has 1 aliphatic heterocycles. The van der Waals surface area contributed by atoms with Gasteiger partial charge in [0.2, 0.25) is 12.7 Å². The summed E-state index contributed by atoms with van der Waals surface area (Å²) in [6.07, 6.45) is 1.28. The zero-order chi connectivity index (χ0) is 6.69. The van der Waals surface area contributed by atoms with E-state index in [0.717, 1.165) is 0 Å². The fraction of sp³-hybridized carbons (Fsp3) is 0.250. The third kappa shape index (κ3) is 1.52. The summed E-state index contributed by atoms with van der Waals surface area (Å²) in [4.78, 5) is 10.1. The molecule has 3 N–H and O–H groups in total. The maximum atomic E-state index is 10.1. The van der Waals surface area contributed by atoms with Crippen LogP contribution in [0.1, 0.15) is 0 Å². The summed E-state index contributed by atoms with van der Waals surface area (Å²) >= 11 is 0. The van der Waals surface area contributed by atoms with E-state index in [0.29, 0.717) is 0 Å². The van der Waals surface area contributed by atoms with Crippen molar-refractivity contribution in [3.05, 3.63) is 12.1 Å². The maximum absolute atomic E-state index is 10.1. The quantitative estimate of drug-likeness (QED) is 0.500. The van der Waals surface area contributed by atoms with E-state index in [4.69, 9.17) is 10.5 Å². The van der Waals surface area contributed by atoms with E-state index in [-0.39, 0.29) is 12.7 Å². The normalized spacial score (nSPS) is 15.3. The van der Waals surface area contributed by atoms with Crippen molar-refractivity contribution in [2.24, 2.45) is 5.73 Å². The fourth-order valence-electron chi connectivity index (χ4n) is 0.428. The fourth-order valence-corrected chi connectivity index (χ4v) is 0.428. The van der Waals surface area contributed by atoms with Gasteiger partial charge in [-0.15, -0.1) is 0 Å². The van der Waals surface area contributed by atoms with Crippen molar-refractivity contribution in [3.63, 3.8) is 0 Å². The van der Waals surface area contributed by atoms with Crippen molar-refractivity contribution in [2.45, 2.75) is 0 Å². The van der Waals surface area contributed by atoms with Gasteiger partial charge < -0.3 is 15.2 Å². The number of nitrogens with two attached hydrogens (primary N) is 1. The number of carbonyl (C=O) groups excluding carboxylic acids is 1. The molecule has 0 fully saturated rings. The molecule has 0 aromatic carbocycles. The molecule has 5 heteroatoms. The summed E-state index contributed by atoms with van der Waals surface area (Å²) in [7, 11) is 0. The standard InChI is InChI=1S/C4H6N2O3/c5-4(7)6-3-1-8-2-9-3/h1H,2H2,(H3,5,6,7). The number of amides is 2. The Morgan fingerprint density at radius 2 is 2.67 bits per heavy atom. The Labute approximate surface area is 51.4 Å². The topological polar surface area (TPSA) is 73.6 Å². The Bertz CT molecular complexity index is 154. The minimum Gasteiger partial charge on any atom is -0.459 e. The summed E-state index contributed by atoms with van der Waals surface area (Å²) in [5.41, 5.74) is 4.75. The zero-order valence-electron chi connectivity index (χ0n) is 4.59. The van der Waals surface area contributed by atoms with Crippen LogP contribution in [0.3, 0.4) is 0 Å². The average Bonchev–Trinajstić information content (AvgIpc) is 2.15. The molecule has 0 unspecified atom stereocenters. The molecule has 50 valence electrons. The molecular weight excluding hydrogens is 124 g/mol. The van der Waals surface area contributed by atoms with Crippen molar-refractivity contribution in [1.82, 2.24) is 5.32 Å². The highest BCUT2D eigenvalue weighted by molar-refractivity contribution is 5.73. The van der Waals surface area contributed by atoms with Gasteiger partial charge in [0.25, 0.3) is 0 Å². The lowest BCUT2D eigenvalue weighted by atomic mass is 10.8. The van der Waals surface area contributed by atoms with E-state index in [2.05, 4.69) is 10.1 Å². The summed E-state index contributed by atoms with van der Waals surface area (Å²) in [6.45, 7) is 0.135. The van der Waals surface area contributed by atoms with Crippen LogP contribution < -0.4 is 11.1 Å². The van der Waals surface area contributed by atoms with Gasteiger partial charge in [0.15, 0.2) is 0 Å². The molecule has 0 atom stereocenters.